The first kappa shape index (κ1) is 19.3. The van der Waals surface area contributed by atoms with E-state index in [9.17, 15) is 9.59 Å². The summed E-state index contributed by atoms with van der Waals surface area (Å²) in [5, 5.41) is 2.76. The highest BCUT2D eigenvalue weighted by Gasteiger charge is 2.28. The molecule has 1 N–H and O–H groups in total. The fourth-order valence-electron chi connectivity index (χ4n) is 3.09. The number of benzene rings is 1. The summed E-state index contributed by atoms with van der Waals surface area (Å²) in [7, 11) is 0. The van der Waals surface area contributed by atoms with Gasteiger partial charge in [-0.3, -0.25) is 0 Å². The lowest BCUT2D eigenvalue weighted by molar-refractivity contribution is 0.00480. The lowest BCUT2D eigenvalue weighted by Gasteiger charge is -2.30. The monoisotopic (exact) mass is 347 g/mol. The first-order chi connectivity index (χ1) is 11.8. The van der Waals surface area contributed by atoms with Gasteiger partial charge in [-0.05, 0) is 51.7 Å². The van der Waals surface area contributed by atoms with Crippen LogP contribution in [0.25, 0.3) is 0 Å². The second kappa shape index (κ2) is 8.88. The zero-order valence-electron chi connectivity index (χ0n) is 15.4. The first-order valence-electron chi connectivity index (χ1n) is 9.08. The first-order valence-corrected chi connectivity index (χ1v) is 9.08. The summed E-state index contributed by atoms with van der Waals surface area (Å²) in [6.07, 6.45) is 4.71. The zero-order valence-corrected chi connectivity index (χ0v) is 15.4. The number of alkyl carbamates (subject to hydrolysis) is 1. The molecule has 2 rings (SSSR count). The van der Waals surface area contributed by atoms with Crippen molar-refractivity contribution >= 4 is 12.1 Å². The molecular formula is C20H29NO4. The van der Waals surface area contributed by atoms with E-state index >= 15 is 0 Å². The van der Waals surface area contributed by atoms with Crippen molar-refractivity contribution in [2.75, 3.05) is 6.54 Å². The standard InChI is InChI=1S/C20H29NO4/c1-20(2,3)25-19(23)21-14-17(15-10-6-4-7-11-15)24-18(22)16-12-8-5-9-13-16/h5,8-9,12-13,15,17H,4,6-7,10-11,14H2,1-3H3,(H,21,23)/t17-/m1/s1. The van der Waals surface area contributed by atoms with Crippen molar-refractivity contribution in [1.82, 2.24) is 5.32 Å². The molecule has 1 atom stereocenters. The van der Waals surface area contributed by atoms with Gasteiger partial charge in [-0.15, -0.1) is 0 Å². The normalized spacial score (nSPS) is 16.8. The molecule has 1 aromatic rings. The molecule has 0 bridgehead atoms. The second-order valence-electron chi connectivity index (χ2n) is 7.59. The molecule has 0 saturated heterocycles. The van der Waals surface area contributed by atoms with Crippen LogP contribution >= 0.6 is 0 Å². The van der Waals surface area contributed by atoms with Crippen molar-refractivity contribution in [1.29, 1.82) is 0 Å². The molecule has 0 aromatic heterocycles. The second-order valence-corrected chi connectivity index (χ2v) is 7.59. The summed E-state index contributed by atoms with van der Waals surface area (Å²) < 4.78 is 11.0. The van der Waals surface area contributed by atoms with Crippen LogP contribution in [-0.2, 0) is 9.47 Å². The smallest absolute Gasteiger partial charge is 0.407 e. The molecular weight excluding hydrogens is 318 g/mol. The molecule has 5 heteroatoms. The van der Waals surface area contributed by atoms with Gasteiger partial charge in [-0.2, -0.15) is 0 Å². The molecule has 1 aromatic carbocycles. The molecule has 138 valence electrons. The highest BCUT2D eigenvalue weighted by Crippen LogP contribution is 2.28. The van der Waals surface area contributed by atoms with E-state index in [4.69, 9.17) is 9.47 Å². The molecule has 1 aliphatic carbocycles. The average molecular weight is 347 g/mol. The van der Waals surface area contributed by atoms with Crippen molar-refractivity contribution in [3.05, 3.63) is 35.9 Å². The van der Waals surface area contributed by atoms with Gasteiger partial charge in [0.05, 0.1) is 12.1 Å². The van der Waals surface area contributed by atoms with Crippen LogP contribution in [0.2, 0.25) is 0 Å². The third-order valence-corrected chi connectivity index (χ3v) is 4.29. The van der Waals surface area contributed by atoms with E-state index in [-0.39, 0.29) is 24.5 Å². The predicted octanol–water partition coefficient (Wildman–Crippen LogP) is 4.32. The lowest BCUT2D eigenvalue weighted by Crippen LogP contribution is -2.42. The molecule has 0 radical (unpaired) electrons. The van der Waals surface area contributed by atoms with Gasteiger partial charge in [-0.25, -0.2) is 9.59 Å². The Kier molecular flexibility index (Phi) is 6.85. The third-order valence-electron chi connectivity index (χ3n) is 4.29. The highest BCUT2D eigenvalue weighted by molar-refractivity contribution is 5.89. The van der Waals surface area contributed by atoms with Gasteiger partial charge in [-0.1, -0.05) is 37.5 Å². The maximum Gasteiger partial charge on any atom is 0.407 e. The molecule has 0 heterocycles. The third kappa shape index (κ3) is 6.77. The maximum absolute atomic E-state index is 12.4. The summed E-state index contributed by atoms with van der Waals surface area (Å²) >= 11 is 0. The SMILES string of the molecule is CC(C)(C)OC(=O)NC[C@@H](OC(=O)c1ccccc1)C1CCCCC1. The minimum absolute atomic E-state index is 0.274. The van der Waals surface area contributed by atoms with Gasteiger partial charge in [0.2, 0.25) is 0 Å². The van der Waals surface area contributed by atoms with E-state index in [2.05, 4.69) is 5.32 Å². The Labute approximate surface area is 150 Å². The fraction of sp³-hybridized carbons (Fsp3) is 0.600. The van der Waals surface area contributed by atoms with Gasteiger partial charge in [0.1, 0.15) is 11.7 Å². The van der Waals surface area contributed by atoms with Gasteiger partial charge in [0.25, 0.3) is 0 Å². The van der Waals surface area contributed by atoms with Crippen molar-refractivity contribution in [2.24, 2.45) is 5.92 Å². The van der Waals surface area contributed by atoms with E-state index < -0.39 is 11.7 Å². The highest BCUT2D eigenvalue weighted by atomic mass is 16.6. The fourth-order valence-corrected chi connectivity index (χ4v) is 3.09. The van der Waals surface area contributed by atoms with Crippen molar-refractivity contribution < 1.29 is 19.1 Å². The lowest BCUT2D eigenvalue weighted by atomic mass is 9.85. The number of amides is 1. The van der Waals surface area contributed by atoms with Crippen LogP contribution in [-0.4, -0.2) is 30.3 Å². The molecule has 0 spiro atoms. The molecule has 1 fully saturated rings. The molecule has 0 unspecified atom stereocenters. The van der Waals surface area contributed by atoms with Crippen molar-refractivity contribution in [2.45, 2.75) is 64.6 Å². The number of hydrogen-bond acceptors (Lipinski definition) is 4. The van der Waals surface area contributed by atoms with E-state index in [1.165, 1.54) is 6.42 Å². The minimum Gasteiger partial charge on any atom is -0.457 e. The minimum atomic E-state index is -0.550. The van der Waals surface area contributed by atoms with Crippen LogP contribution in [0.5, 0.6) is 0 Å². The van der Waals surface area contributed by atoms with Gasteiger partial charge < -0.3 is 14.8 Å². The van der Waals surface area contributed by atoms with Crippen LogP contribution in [0.1, 0.15) is 63.2 Å². The molecule has 25 heavy (non-hydrogen) atoms. The Morgan fingerprint density at radius 1 is 1.12 bits per heavy atom. The summed E-state index contributed by atoms with van der Waals surface area (Å²) in [6.45, 7) is 5.74. The van der Waals surface area contributed by atoms with Crippen molar-refractivity contribution in [3.63, 3.8) is 0 Å². The Balaban J connectivity index is 1.97. The Hall–Kier alpha value is -2.04. The number of nitrogens with one attached hydrogen (secondary N) is 1. The largest absolute Gasteiger partial charge is 0.457 e. The van der Waals surface area contributed by atoms with Gasteiger partial charge >= 0.3 is 12.1 Å². The average Bonchev–Trinajstić information content (AvgIpc) is 2.58. The topological polar surface area (TPSA) is 64.6 Å². The van der Waals surface area contributed by atoms with Crippen LogP contribution in [0.15, 0.2) is 30.3 Å². The maximum atomic E-state index is 12.4. The molecule has 5 nitrogen and oxygen atoms in total. The quantitative estimate of drug-likeness (QED) is 0.806. The summed E-state index contributed by atoms with van der Waals surface area (Å²) in [6, 6.07) is 8.96. The Bertz CT molecular complexity index is 559. The summed E-state index contributed by atoms with van der Waals surface area (Å²) in [5.41, 5.74) is -0.0222. The molecule has 1 aliphatic rings. The number of carbonyl (C=O) groups excluding carboxylic acids is 2. The van der Waals surface area contributed by atoms with Gasteiger partial charge in [0, 0.05) is 0 Å². The Morgan fingerprint density at radius 3 is 2.36 bits per heavy atom. The van der Waals surface area contributed by atoms with Crippen LogP contribution in [0.4, 0.5) is 4.79 Å². The van der Waals surface area contributed by atoms with E-state index in [0.717, 1.165) is 25.7 Å². The summed E-state index contributed by atoms with van der Waals surface area (Å²) in [5.74, 6) is -0.0708. The van der Waals surface area contributed by atoms with Crippen molar-refractivity contribution in [3.8, 4) is 0 Å². The van der Waals surface area contributed by atoms with Crippen LogP contribution in [0, 0.1) is 5.92 Å². The number of rotatable bonds is 5. The van der Waals surface area contributed by atoms with E-state index in [1.54, 1.807) is 12.1 Å². The van der Waals surface area contributed by atoms with Crippen LogP contribution < -0.4 is 5.32 Å². The summed E-state index contributed by atoms with van der Waals surface area (Å²) in [4.78, 5) is 24.3. The number of esters is 1. The molecule has 1 amide bonds. The zero-order chi connectivity index (χ0) is 18.3. The van der Waals surface area contributed by atoms with E-state index in [1.807, 2.05) is 39.0 Å². The number of hydrogen-bond donors (Lipinski definition) is 1. The predicted molar refractivity (Wildman–Crippen MR) is 96.5 cm³/mol. The number of carbonyl (C=O) groups is 2. The van der Waals surface area contributed by atoms with Crippen LogP contribution in [0.3, 0.4) is 0 Å². The van der Waals surface area contributed by atoms with Gasteiger partial charge in [0.15, 0.2) is 0 Å². The molecule has 0 aliphatic heterocycles. The number of ether oxygens (including phenoxy) is 2. The van der Waals surface area contributed by atoms with E-state index in [0.29, 0.717) is 5.56 Å². The Morgan fingerprint density at radius 2 is 1.76 bits per heavy atom. The molecule has 1 saturated carbocycles.